The van der Waals surface area contributed by atoms with E-state index in [4.69, 9.17) is 9.47 Å². The SMILES string of the molecule is CCNC1(C(=O)OCC)CCC(OC(C)(C)CC)C1. The van der Waals surface area contributed by atoms with Gasteiger partial charge in [-0.15, -0.1) is 0 Å². The number of carbonyl (C=O) groups is 1. The molecule has 1 aliphatic carbocycles. The van der Waals surface area contributed by atoms with Crippen molar-refractivity contribution in [3.8, 4) is 0 Å². The molecule has 0 heterocycles. The lowest BCUT2D eigenvalue weighted by Gasteiger charge is -2.30. The average molecular weight is 271 g/mol. The first-order valence-electron chi connectivity index (χ1n) is 7.49. The molecular formula is C15H29NO3. The lowest BCUT2D eigenvalue weighted by atomic mass is 9.97. The zero-order chi connectivity index (χ0) is 14.5. The molecule has 0 aliphatic heterocycles. The maximum Gasteiger partial charge on any atom is 0.326 e. The third-order valence-electron chi connectivity index (χ3n) is 3.99. The van der Waals surface area contributed by atoms with Crippen LogP contribution in [0.3, 0.4) is 0 Å². The largest absolute Gasteiger partial charge is 0.465 e. The van der Waals surface area contributed by atoms with Crippen molar-refractivity contribution in [1.29, 1.82) is 0 Å². The van der Waals surface area contributed by atoms with Crippen LogP contribution in [0, 0.1) is 0 Å². The molecule has 1 saturated carbocycles. The Balaban J connectivity index is 2.69. The van der Waals surface area contributed by atoms with Gasteiger partial charge in [-0.1, -0.05) is 13.8 Å². The highest BCUT2D eigenvalue weighted by Crippen LogP contribution is 2.35. The molecule has 0 aromatic heterocycles. The van der Waals surface area contributed by atoms with Crippen LogP contribution in [0.25, 0.3) is 0 Å². The van der Waals surface area contributed by atoms with Gasteiger partial charge >= 0.3 is 5.97 Å². The number of nitrogens with one attached hydrogen (secondary N) is 1. The summed E-state index contributed by atoms with van der Waals surface area (Å²) in [7, 11) is 0. The molecule has 4 nitrogen and oxygen atoms in total. The summed E-state index contributed by atoms with van der Waals surface area (Å²) in [6.07, 6.45) is 3.53. The molecule has 19 heavy (non-hydrogen) atoms. The average Bonchev–Trinajstić information content (AvgIpc) is 2.74. The fourth-order valence-corrected chi connectivity index (χ4v) is 2.66. The summed E-state index contributed by atoms with van der Waals surface area (Å²) in [5.74, 6) is -0.128. The van der Waals surface area contributed by atoms with Gasteiger partial charge in [-0.3, -0.25) is 4.79 Å². The van der Waals surface area contributed by atoms with E-state index < -0.39 is 5.54 Å². The molecule has 0 aromatic rings. The number of hydrogen-bond acceptors (Lipinski definition) is 4. The van der Waals surface area contributed by atoms with Crippen molar-refractivity contribution in [2.45, 2.75) is 77.5 Å². The molecule has 1 N–H and O–H groups in total. The van der Waals surface area contributed by atoms with Gasteiger partial charge in [0.1, 0.15) is 5.54 Å². The van der Waals surface area contributed by atoms with Gasteiger partial charge in [0, 0.05) is 6.42 Å². The number of carbonyl (C=O) groups excluding carboxylic acids is 1. The third-order valence-corrected chi connectivity index (χ3v) is 3.99. The van der Waals surface area contributed by atoms with Crippen LogP contribution in [0.15, 0.2) is 0 Å². The molecule has 0 amide bonds. The number of hydrogen-bond donors (Lipinski definition) is 1. The fraction of sp³-hybridized carbons (Fsp3) is 0.933. The van der Waals surface area contributed by atoms with E-state index in [2.05, 4.69) is 26.1 Å². The van der Waals surface area contributed by atoms with E-state index in [0.717, 1.165) is 25.8 Å². The van der Waals surface area contributed by atoms with Gasteiger partial charge in [0.15, 0.2) is 0 Å². The maximum atomic E-state index is 12.2. The number of esters is 1. The molecule has 0 bridgehead atoms. The number of ether oxygens (including phenoxy) is 2. The van der Waals surface area contributed by atoms with Crippen molar-refractivity contribution in [3.05, 3.63) is 0 Å². The second kappa shape index (κ2) is 6.71. The predicted molar refractivity (Wildman–Crippen MR) is 76.1 cm³/mol. The second-order valence-electron chi connectivity index (χ2n) is 5.93. The van der Waals surface area contributed by atoms with Gasteiger partial charge in [0.05, 0.1) is 18.3 Å². The van der Waals surface area contributed by atoms with Crippen molar-refractivity contribution >= 4 is 5.97 Å². The third kappa shape index (κ3) is 4.18. The van der Waals surface area contributed by atoms with E-state index in [-0.39, 0.29) is 17.7 Å². The monoisotopic (exact) mass is 271 g/mol. The van der Waals surface area contributed by atoms with Crippen LogP contribution in [0.2, 0.25) is 0 Å². The molecule has 112 valence electrons. The van der Waals surface area contributed by atoms with Crippen molar-refractivity contribution in [3.63, 3.8) is 0 Å². The van der Waals surface area contributed by atoms with Gasteiger partial charge in [-0.25, -0.2) is 0 Å². The second-order valence-corrected chi connectivity index (χ2v) is 5.93. The van der Waals surface area contributed by atoms with Crippen molar-refractivity contribution in [1.82, 2.24) is 5.32 Å². The summed E-state index contributed by atoms with van der Waals surface area (Å²) in [4.78, 5) is 12.2. The molecular weight excluding hydrogens is 242 g/mol. The Bertz CT molecular complexity index is 304. The zero-order valence-electron chi connectivity index (χ0n) is 13.0. The molecule has 2 atom stereocenters. The highest BCUT2D eigenvalue weighted by atomic mass is 16.5. The number of rotatable bonds is 7. The molecule has 2 unspecified atom stereocenters. The van der Waals surface area contributed by atoms with E-state index in [0.29, 0.717) is 13.0 Å². The Morgan fingerprint density at radius 3 is 2.58 bits per heavy atom. The zero-order valence-corrected chi connectivity index (χ0v) is 13.0. The molecule has 1 aliphatic rings. The predicted octanol–water partition coefficient (Wildman–Crippen LogP) is 2.66. The van der Waals surface area contributed by atoms with Crippen LogP contribution in [0.5, 0.6) is 0 Å². The summed E-state index contributed by atoms with van der Waals surface area (Å²) >= 11 is 0. The molecule has 0 aromatic carbocycles. The first-order chi connectivity index (χ1) is 8.89. The van der Waals surface area contributed by atoms with Gasteiger partial charge in [0.25, 0.3) is 0 Å². The van der Waals surface area contributed by atoms with Gasteiger partial charge in [-0.2, -0.15) is 0 Å². The van der Waals surface area contributed by atoms with Gasteiger partial charge < -0.3 is 14.8 Å². The smallest absolute Gasteiger partial charge is 0.326 e. The van der Waals surface area contributed by atoms with Crippen LogP contribution in [0.4, 0.5) is 0 Å². The first kappa shape index (κ1) is 16.4. The van der Waals surface area contributed by atoms with Crippen LogP contribution in [-0.2, 0) is 14.3 Å². The summed E-state index contributed by atoms with van der Waals surface area (Å²) in [6.45, 7) is 11.4. The summed E-state index contributed by atoms with van der Waals surface area (Å²) in [5, 5.41) is 3.32. The minimum atomic E-state index is -0.542. The van der Waals surface area contributed by atoms with Crippen LogP contribution < -0.4 is 5.32 Å². The van der Waals surface area contributed by atoms with Gasteiger partial charge in [-0.05, 0) is 46.6 Å². The lowest BCUT2D eigenvalue weighted by Crippen LogP contribution is -2.51. The van der Waals surface area contributed by atoms with Crippen LogP contribution in [0.1, 0.15) is 60.3 Å². The van der Waals surface area contributed by atoms with E-state index in [1.807, 2.05) is 13.8 Å². The minimum Gasteiger partial charge on any atom is -0.465 e. The minimum absolute atomic E-state index is 0.123. The Kier molecular flexibility index (Phi) is 5.81. The highest BCUT2D eigenvalue weighted by molar-refractivity contribution is 5.81. The number of likely N-dealkylation sites (N-methyl/N-ethyl adjacent to an activating group) is 1. The summed E-state index contributed by atoms with van der Waals surface area (Å²) < 4.78 is 11.4. The first-order valence-corrected chi connectivity index (χ1v) is 7.49. The van der Waals surface area contributed by atoms with E-state index in [1.54, 1.807) is 0 Å². The lowest BCUT2D eigenvalue weighted by molar-refractivity contribution is -0.152. The summed E-state index contributed by atoms with van der Waals surface area (Å²) in [6, 6.07) is 0. The van der Waals surface area contributed by atoms with Crippen LogP contribution >= 0.6 is 0 Å². The molecule has 1 rings (SSSR count). The maximum absolute atomic E-state index is 12.2. The van der Waals surface area contributed by atoms with Gasteiger partial charge in [0.2, 0.25) is 0 Å². The van der Waals surface area contributed by atoms with Crippen LogP contribution in [-0.4, -0.2) is 36.4 Å². The normalized spacial score (nSPS) is 27.5. The van der Waals surface area contributed by atoms with Crippen molar-refractivity contribution < 1.29 is 14.3 Å². The quantitative estimate of drug-likeness (QED) is 0.723. The fourth-order valence-electron chi connectivity index (χ4n) is 2.66. The van der Waals surface area contributed by atoms with E-state index in [1.165, 1.54) is 0 Å². The summed E-state index contributed by atoms with van der Waals surface area (Å²) in [5.41, 5.74) is -0.666. The standard InChI is InChI=1S/C15H29NO3/c1-6-14(4,5)19-12-9-10-15(11-12,16-7-2)13(17)18-8-3/h12,16H,6-11H2,1-5H3. The molecule has 0 saturated heterocycles. The molecule has 1 fully saturated rings. The molecule has 0 spiro atoms. The van der Waals surface area contributed by atoms with E-state index in [9.17, 15) is 4.79 Å². The van der Waals surface area contributed by atoms with Crippen molar-refractivity contribution in [2.75, 3.05) is 13.2 Å². The van der Waals surface area contributed by atoms with Crippen molar-refractivity contribution in [2.24, 2.45) is 0 Å². The Morgan fingerprint density at radius 1 is 1.37 bits per heavy atom. The Hall–Kier alpha value is -0.610. The van der Waals surface area contributed by atoms with E-state index >= 15 is 0 Å². The molecule has 0 radical (unpaired) electrons. The Labute approximate surface area is 117 Å². The molecule has 4 heteroatoms. The topological polar surface area (TPSA) is 47.6 Å². The highest BCUT2D eigenvalue weighted by Gasteiger charge is 2.47. The Morgan fingerprint density at radius 2 is 2.05 bits per heavy atom.